The summed E-state index contributed by atoms with van der Waals surface area (Å²) in [5, 5.41) is 2.60. The summed E-state index contributed by atoms with van der Waals surface area (Å²) in [5.74, 6) is -0.0183. The maximum absolute atomic E-state index is 11.8. The SMILES string of the molecule is CC(N1CCC(=O)NCC1=O)C(C)(C)C. The summed E-state index contributed by atoms with van der Waals surface area (Å²) in [7, 11) is 0. The van der Waals surface area contributed by atoms with Gasteiger partial charge in [0.15, 0.2) is 0 Å². The highest BCUT2D eigenvalue weighted by atomic mass is 16.2. The Labute approximate surface area is 91.0 Å². The normalized spacial score (nSPS) is 20.9. The average molecular weight is 212 g/mol. The first-order valence-electron chi connectivity index (χ1n) is 5.38. The van der Waals surface area contributed by atoms with E-state index in [1.54, 1.807) is 4.90 Å². The van der Waals surface area contributed by atoms with E-state index in [-0.39, 0.29) is 29.8 Å². The molecule has 1 heterocycles. The zero-order valence-corrected chi connectivity index (χ0v) is 9.96. The average Bonchev–Trinajstić information content (AvgIpc) is 2.27. The highest BCUT2D eigenvalue weighted by Crippen LogP contribution is 2.24. The fourth-order valence-electron chi connectivity index (χ4n) is 1.59. The van der Waals surface area contributed by atoms with Crippen LogP contribution in [0.15, 0.2) is 0 Å². The molecule has 0 aromatic heterocycles. The number of carbonyl (C=O) groups is 2. The lowest BCUT2D eigenvalue weighted by Crippen LogP contribution is -2.47. The second-order valence-corrected chi connectivity index (χ2v) is 5.16. The van der Waals surface area contributed by atoms with Crippen LogP contribution in [0.2, 0.25) is 0 Å². The predicted molar refractivity (Wildman–Crippen MR) is 58.3 cm³/mol. The van der Waals surface area contributed by atoms with E-state index in [1.165, 1.54) is 0 Å². The molecule has 4 nitrogen and oxygen atoms in total. The van der Waals surface area contributed by atoms with Gasteiger partial charge in [0.25, 0.3) is 0 Å². The molecule has 0 spiro atoms. The Morgan fingerprint density at radius 2 is 1.93 bits per heavy atom. The van der Waals surface area contributed by atoms with Crippen molar-refractivity contribution in [2.45, 2.75) is 40.2 Å². The van der Waals surface area contributed by atoms with E-state index >= 15 is 0 Å². The summed E-state index contributed by atoms with van der Waals surface area (Å²) in [5.41, 5.74) is 0.0447. The second-order valence-electron chi connectivity index (χ2n) is 5.16. The minimum atomic E-state index is -0.0352. The highest BCUT2D eigenvalue weighted by Gasteiger charge is 2.31. The third kappa shape index (κ3) is 2.94. The molecule has 0 saturated carbocycles. The fraction of sp³-hybridized carbons (Fsp3) is 0.818. The maximum atomic E-state index is 11.8. The second kappa shape index (κ2) is 4.21. The summed E-state index contributed by atoms with van der Waals surface area (Å²) >= 11 is 0. The van der Waals surface area contributed by atoms with Crippen molar-refractivity contribution >= 4 is 11.8 Å². The molecule has 1 aliphatic heterocycles. The molecule has 1 atom stereocenters. The van der Waals surface area contributed by atoms with Crippen LogP contribution < -0.4 is 5.32 Å². The van der Waals surface area contributed by atoms with Crippen LogP contribution in [0.1, 0.15) is 34.1 Å². The van der Waals surface area contributed by atoms with Gasteiger partial charge in [0, 0.05) is 19.0 Å². The molecular formula is C11H20N2O2. The van der Waals surface area contributed by atoms with Crippen molar-refractivity contribution in [1.29, 1.82) is 0 Å². The Morgan fingerprint density at radius 1 is 1.33 bits per heavy atom. The van der Waals surface area contributed by atoms with Crippen LogP contribution >= 0.6 is 0 Å². The first-order chi connectivity index (χ1) is 6.82. The van der Waals surface area contributed by atoms with Gasteiger partial charge in [-0.1, -0.05) is 20.8 Å². The molecule has 1 unspecified atom stereocenters. The molecule has 0 radical (unpaired) electrons. The zero-order valence-electron chi connectivity index (χ0n) is 9.96. The van der Waals surface area contributed by atoms with Gasteiger partial charge < -0.3 is 10.2 Å². The van der Waals surface area contributed by atoms with Crippen molar-refractivity contribution in [2.75, 3.05) is 13.1 Å². The lowest BCUT2D eigenvalue weighted by Gasteiger charge is -2.37. The van der Waals surface area contributed by atoms with Crippen molar-refractivity contribution in [3.8, 4) is 0 Å². The van der Waals surface area contributed by atoms with Gasteiger partial charge in [-0.2, -0.15) is 0 Å². The van der Waals surface area contributed by atoms with Gasteiger partial charge in [0.2, 0.25) is 11.8 Å². The lowest BCUT2D eigenvalue weighted by molar-refractivity contribution is -0.133. The number of carbonyl (C=O) groups excluding carboxylic acids is 2. The third-order valence-electron chi connectivity index (χ3n) is 3.06. The van der Waals surface area contributed by atoms with E-state index in [2.05, 4.69) is 26.1 Å². The minimum Gasteiger partial charge on any atom is -0.347 e. The Hall–Kier alpha value is -1.06. The first kappa shape index (κ1) is 12.0. The largest absolute Gasteiger partial charge is 0.347 e. The summed E-state index contributed by atoms with van der Waals surface area (Å²) in [6.07, 6.45) is 0.409. The van der Waals surface area contributed by atoms with Gasteiger partial charge in [-0.15, -0.1) is 0 Å². The smallest absolute Gasteiger partial charge is 0.242 e. The third-order valence-corrected chi connectivity index (χ3v) is 3.06. The van der Waals surface area contributed by atoms with E-state index in [9.17, 15) is 9.59 Å². The Kier molecular flexibility index (Phi) is 3.37. The molecule has 2 amide bonds. The molecule has 0 aliphatic carbocycles. The van der Waals surface area contributed by atoms with Crippen LogP contribution in [-0.4, -0.2) is 35.8 Å². The molecular weight excluding hydrogens is 192 g/mol. The summed E-state index contributed by atoms with van der Waals surface area (Å²) < 4.78 is 0. The predicted octanol–water partition coefficient (Wildman–Crippen LogP) is 0.769. The van der Waals surface area contributed by atoms with E-state index in [4.69, 9.17) is 0 Å². The number of hydrogen-bond donors (Lipinski definition) is 1. The number of nitrogens with zero attached hydrogens (tertiary/aromatic N) is 1. The quantitative estimate of drug-likeness (QED) is 0.698. The summed E-state index contributed by atoms with van der Waals surface area (Å²) in [6, 6.07) is 0.151. The molecule has 1 fully saturated rings. The lowest BCUT2D eigenvalue weighted by atomic mass is 9.87. The van der Waals surface area contributed by atoms with Gasteiger partial charge in [0.05, 0.1) is 6.54 Å². The standard InChI is InChI=1S/C11H20N2O2/c1-8(11(2,3)4)13-6-5-9(14)12-7-10(13)15/h8H,5-7H2,1-4H3,(H,12,14). The van der Waals surface area contributed by atoms with Crippen LogP contribution in [-0.2, 0) is 9.59 Å². The Morgan fingerprint density at radius 3 is 2.47 bits per heavy atom. The van der Waals surface area contributed by atoms with Crippen LogP contribution in [0.5, 0.6) is 0 Å². The maximum Gasteiger partial charge on any atom is 0.242 e. The molecule has 1 aliphatic rings. The van der Waals surface area contributed by atoms with E-state index in [0.717, 1.165) is 0 Å². The molecule has 4 heteroatoms. The molecule has 0 bridgehead atoms. The highest BCUT2D eigenvalue weighted by molar-refractivity contribution is 5.87. The van der Waals surface area contributed by atoms with Crippen LogP contribution in [0.3, 0.4) is 0 Å². The zero-order chi connectivity index (χ0) is 11.6. The summed E-state index contributed by atoms with van der Waals surface area (Å²) in [6.45, 7) is 9.01. The number of nitrogens with one attached hydrogen (secondary N) is 1. The molecule has 1 rings (SSSR count). The van der Waals surface area contributed by atoms with E-state index in [1.807, 2.05) is 6.92 Å². The minimum absolute atomic E-state index is 0.0169. The number of amides is 2. The number of rotatable bonds is 1. The molecule has 1 N–H and O–H groups in total. The van der Waals surface area contributed by atoms with Crippen LogP contribution in [0.25, 0.3) is 0 Å². The Balaban J connectivity index is 2.75. The van der Waals surface area contributed by atoms with Crippen LogP contribution in [0.4, 0.5) is 0 Å². The van der Waals surface area contributed by atoms with Crippen molar-refractivity contribution in [2.24, 2.45) is 5.41 Å². The van der Waals surface area contributed by atoms with Gasteiger partial charge in [-0.3, -0.25) is 9.59 Å². The Bertz CT molecular complexity index is 268. The van der Waals surface area contributed by atoms with Crippen molar-refractivity contribution in [3.63, 3.8) is 0 Å². The first-order valence-corrected chi connectivity index (χ1v) is 5.38. The molecule has 15 heavy (non-hydrogen) atoms. The molecule has 1 saturated heterocycles. The monoisotopic (exact) mass is 212 g/mol. The van der Waals surface area contributed by atoms with Gasteiger partial charge in [-0.05, 0) is 12.3 Å². The molecule has 0 aromatic rings. The van der Waals surface area contributed by atoms with Crippen molar-refractivity contribution in [3.05, 3.63) is 0 Å². The molecule has 86 valence electrons. The summed E-state index contributed by atoms with van der Waals surface area (Å²) in [4.78, 5) is 24.7. The van der Waals surface area contributed by atoms with E-state index < -0.39 is 0 Å². The van der Waals surface area contributed by atoms with Crippen molar-refractivity contribution < 1.29 is 9.59 Å². The van der Waals surface area contributed by atoms with Crippen molar-refractivity contribution in [1.82, 2.24) is 10.2 Å². The fourth-order valence-corrected chi connectivity index (χ4v) is 1.59. The molecule has 0 aromatic carbocycles. The van der Waals surface area contributed by atoms with E-state index in [0.29, 0.717) is 13.0 Å². The van der Waals surface area contributed by atoms with Gasteiger partial charge in [0.1, 0.15) is 0 Å². The van der Waals surface area contributed by atoms with Gasteiger partial charge >= 0.3 is 0 Å². The topological polar surface area (TPSA) is 49.4 Å². The number of hydrogen-bond acceptors (Lipinski definition) is 2. The van der Waals surface area contributed by atoms with Crippen LogP contribution in [0, 0.1) is 5.41 Å². The van der Waals surface area contributed by atoms with Gasteiger partial charge in [-0.25, -0.2) is 0 Å².